The van der Waals surface area contributed by atoms with Crippen LogP contribution in [0, 0.1) is 0 Å². The van der Waals surface area contributed by atoms with Crippen molar-refractivity contribution in [2.45, 2.75) is 45.1 Å². The van der Waals surface area contributed by atoms with Crippen molar-refractivity contribution in [3.63, 3.8) is 0 Å². The zero-order valence-corrected chi connectivity index (χ0v) is 12.0. The van der Waals surface area contributed by atoms with Gasteiger partial charge in [-0.25, -0.2) is 0 Å². The monoisotopic (exact) mass is 275 g/mol. The fraction of sp³-hybridized carbons (Fsp3) is 0.500. The first-order chi connectivity index (χ1) is 9.61. The second kappa shape index (κ2) is 6.07. The molecule has 0 unspecified atom stereocenters. The number of rotatable bonds is 5. The predicted molar refractivity (Wildman–Crippen MR) is 76.8 cm³/mol. The van der Waals surface area contributed by atoms with Gasteiger partial charge in [-0.05, 0) is 24.5 Å². The summed E-state index contributed by atoms with van der Waals surface area (Å²) < 4.78 is 0. The fourth-order valence-electron chi connectivity index (χ4n) is 3.08. The lowest BCUT2D eigenvalue weighted by Crippen LogP contribution is -2.50. The van der Waals surface area contributed by atoms with E-state index in [0.717, 1.165) is 19.3 Å². The van der Waals surface area contributed by atoms with Crippen LogP contribution >= 0.6 is 0 Å². The first-order valence-corrected chi connectivity index (χ1v) is 7.24. The maximum Gasteiger partial charge on any atom is 0.313 e. The molecule has 4 heteroatoms. The third-order valence-electron chi connectivity index (χ3n) is 3.89. The Labute approximate surface area is 119 Å². The standard InChI is InChI=1S/C16H21NO3/c1-3-7-13-14(16(19)20)11-8-5-6-9-12(11)15(18)17(13)10-4-2/h5-6,8-9,13-14H,3-4,7,10H2,1-2H3,(H,19,20)/t13-,14+/m1/s1. The van der Waals surface area contributed by atoms with Crippen LogP contribution in [-0.4, -0.2) is 34.5 Å². The zero-order chi connectivity index (χ0) is 14.7. The number of benzene rings is 1. The highest BCUT2D eigenvalue weighted by Crippen LogP contribution is 2.35. The molecule has 1 aliphatic rings. The Morgan fingerprint density at radius 2 is 1.95 bits per heavy atom. The number of carbonyl (C=O) groups excluding carboxylic acids is 1. The van der Waals surface area contributed by atoms with Crippen LogP contribution in [-0.2, 0) is 4.79 Å². The van der Waals surface area contributed by atoms with Crippen LogP contribution < -0.4 is 0 Å². The Bertz CT molecular complexity index is 512. The summed E-state index contributed by atoms with van der Waals surface area (Å²) in [4.78, 5) is 26.1. The average Bonchev–Trinajstić information content (AvgIpc) is 2.43. The molecule has 1 heterocycles. The number of hydrogen-bond acceptors (Lipinski definition) is 2. The normalized spacial score (nSPS) is 21.7. The Morgan fingerprint density at radius 3 is 2.55 bits per heavy atom. The largest absolute Gasteiger partial charge is 0.481 e. The van der Waals surface area contributed by atoms with Gasteiger partial charge in [0.1, 0.15) is 5.92 Å². The summed E-state index contributed by atoms with van der Waals surface area (Å²) in [7, 11) is 0. The van der Waals surface area contributed by atoms with E-state index in [1.54, 1.807) is 29.2 Å². The maximum atomic E-state index is 12.6. The van der Waals surface area contributed by atoms with Gasteiger partial charge in [-0.15, -0.1) is 0 Å². The lowest BCUT2D eigenvalue weighted by molar-refractivity contribution is -0.140. The molecule has 1 N–H and O–H groups in total. The lowest BCUT2D eigenvalue weighted by Gasteiger charge is -2.40. The number of carboxylic acids is 1. The molecule has 4 nitrogen and oxygen atoms in total. The Kier molecular flexibility index (Phi) is 4.42. The van der Waals surface area contributed by atoms with Gasteiger partial charge in [0, 0.05) is 18.2 Å². The van der Waals surface area contributed by atoms with E-state index in [2.05, 4.69) is 0 Å². The maximum absolute atomic E-state index is 12.6. The van der Waals surface area contributed by atoms with Crippen molar-refractivity contribution in [2.24, 2.45) is 0 Å². The molecule has 20 heavy (non-hydrogen) atoms. The quantitative estimate of drug-likeness (QED) is 0.899. The minimum atomic E-state index is -0.843. The molecule has 0 radical (unpaired) electrons. The van der Waals surface area contributed by atoms with Gasteiger partial charge in [0.25, 0.3) is 5.91 Å². The van der Waals surface area contributed by atoms with Crippen molar-refractivity contribution in [2.75, 3.05) is 6.54 Å². The van der Waals surface area contributed by atoms with Crippen molar-refractivity contribution in [1.82, 2.24) is 4.90 Å². The summed E-state index contributed by atoms with van der Waals surface area (Å²) in [6.07, 6.45) is 2.42. The number of carboxylic acid groups (broad SMARTS) is 1. The van der Waals surface area contributed by atoms with Gasteiger partial charge in [-0.1, -0.05) is 38.5 Å². The molecule has 0 aromatic heterocycles. The van der Waals surface area contributed by atoms with Crippen molar-refractivity contribution in [3.8, 4) is 0 Å². The number of amides is 1. The summed E-state index contributed by atoms with van der Waals surface area (Å²) in [5.74, 6) is -1.49. The van der Waals surface area contributed by atoms with Gasteiger partial charge in [-0.3, -0.25) is 9.59 Å². The third-order valence-corrected chi connectivity index (χ3v) is 3.89. The summed E-state index contributed by atoms with van der Waals surface area (Å²) in [5, 5.41) is 9.62. The zero-order valence-electron chi connectivity index (χ0n) is 12.0. The van der Waals surface area contributed by atoms with Gasteiger partial charge in [-0.2, -0.15) is 0 Å². The number of hydrogen-bond donors (Lipinski definition) is 1. The van der Waals surface area contributed by atoms with Crippen molar-refractivity contribution >= 4 is 11.9 Å². The van der Waals surface area contributed by atoms with Crippen molar-refractivity contribution in [3.05, 3.63) is 35.4 Å². The van der Waals surface area contributed by atoms with Gasteiger partial charge in [0.2, 0.25) is 0 Å². The van der Waals surface area contributed by atoms with Gasteiger partial charge in [0.05, 0.1) is 0 Å². The number of nitrogens with zero attached hydrogens (tertiary/aromatic N) is 1. The van der Waals surface area contributed by atoms with E-state index in [0.29, 0.717) is 17.7 Å². The molecular formula is C16H21NO3. The summed E-state index contributed by atoms with van der Waals surface area (Å²) in [6, 6.07) is 6.87. The molecule has 0 spiro atoms. The summed E-state index contributed by atoms with van der Waals surface area (Å²) >= 11 is 0. The van der Waals surface area contributed by atoms with Crippen LogP contribution in [0.3, 0.4) is 0 Å². The van der Waals surface area contributed by atoms with E-state index in [9.17, 15) is 14.7 Å². The van der Waals surface area contributed by atoms with Crippen LogP contribution in [0.5, 0.6) is 0 Å². The molecule has 1 aromatic carbocycles. The Balaban J connectivity index is 2.53. The highest BCUT2D eigenvalue weighted by atomic mass is 16.4. The Hall–Kier alpha value is -1.84. The van der Waals surface area contributed by atoms with E-state index in [-0.39, 0.29) is 11.9 Å². The average molecular weight is 275 g/mol. The molecule has 1 aliphatic heterocycles. The molecule has 0 saturated heterocycles. The van der Waals surface area contributed by atoms with Crippen molar-refractivity contribution in [1.29, 1.82) is 0 Å². The first kappa shape index (κ1) is 14.6. The molecule has 2 atom stereocenters. The topological polar surface area (TPSA) is 57.6 Å². The molecule has 0 fully saturated rings. The summed E-state index contributed by atoms with van der Waals surface area (Å²) in [5.41, 5.74) is 1.21. The minimum absolute atomic E-state index is 0.0293. The second-order valence-corrected chi connectivity index (χ2v) is 5.26. The third kappa shape index (κ3) is 2.42. The molecule has 1 amide bonds. The van der Waals surface area contributed by atoms with Crippen LogP contribution in [0.15, 0.2) is 24.3 Å². The first-order valence-electron chi connectivity index (χ1n) is 7.24. The van der Waals surface area contributed by atoms with Gasteiger partial charge >= 0.3 is 5.97 Å². The number of carbonyl (C=O) groups is 2. The van der Waals surface area contributed by atoms with E-state index in [1.807, 2.05) is 13.8 Å². The van der Waals surface area contributed by atoms with Crippen LogP contribution in [0.1, 0.15) is 54.9 Å². The molecular weight excluding hydrogens is 254 g/mol. The van der Waals surface area contributed by atoms with E-state index < -0.39 is 11.9 Å². The highest BCUT2D eigenvalue weighted by molar-refractivity contribution is 6.00. The molecule has 0 saturated carbocycles. The van der Waals surface area contributed by atoms with E-state index >= 15 is 0 Å². The van der Waals surface area contributed by atoms with E-state index in [1.165, 1.54) is 0 Å². The molecule has 0 aliphatic carbocycles. The minimum Gasteiger partial charge on any atom is -0.481 e. The second-order valence-electron chi connectivity index (χ2n) is 5.26. The van der Waals surface area contributed by atoms with Crippen LogP contribution in [0.25, 0.3) is 0 Å². The number of aliphatic carboxylic acids is 1. The molecule has 1 aromatic rings. The van der Waals surface area contributed by atoms with Gasteiger partial charge in [0.15, 0.2) is 0 Å². The van der Waals surface area contributed by atoms with E-state index in [4.69, 9.17) is 0 Å². The SMILES string of the molecule is CCC[C@@H]1[C@@H](C(=O)O)c2ccccc2C(=O)N1CCC. The lowest BCUT2D eigenvalue weighted by atomic mass is 9.81. The molecule has 0 bridgehead atoms. The van der Waals surface area contributed by atoms with Crippen LogP contribution in [0.2, 0.25) is 0 Å². The van der Waals surface area contributed by atoms with Gasteiger partial charge < -0.3 is 10.0 Å². The molecule has 2 rings (SSSR count). The highest BCUT2D eigenvalue weighted by Gasteiger charge is 2.42. The van der Waals surface area contributed by atoms with Crippen molar-refractivity contribution < 1.29 is 14.7 Å². The predicted octanol–water partition coefficient (Wildman–Crippen LogP) is 2.89. The Morgan fingerprint density at radius 1 is 1.25 bits per heavy atom. The number of fused-ring (bicyclic) bond motifs is 1. The smallest absolute Gasteiger partial charge is 0.313 e. The summed E-state index contributed by atoms with van der Waals surface area (Å²) in [6.45, 7) is 4.64. The fourth-order valence-corrected chi connectivity index (χ4v) is 3.08. The molecule has 108 valence electrons. The van der Waals surface area contributed by atoms with Crippen LogP contribution in [0.4, 0.5) is 0 Å².